The van der Waals surface area contributed by atoms with E-state index in [-0.39, 0.29) is 17.9 Å². The monoisotopic (exact) mass is 457 g/mol. The number of fused-ring (bicyclic) bond motifs is 1. The molecule has 1 saturated heterocycles. The molecule has 0 aliphatic carbocycles. The normalized spacial score (nSPS) is 16.4. The molecule has 3 aromatic rings. The minimum absolute atomic E-state index is 0.0652. The molecule has 4 rings (SSSR count). The van der Waals surface area contributed by atoms with E-state index in [1.54, 1.807) is 11.3 Å². The first-order valence-corrected chi connectivity index (χ1v) is 12.0. The Labute approximate surface area is 190 Å². The number of hydrogen-bond donors (Lipinski definition) is 2. The molecule has 0 saturated carbocycles. The van der Waals surface area contributed by atoms with Crippen LogP contribution in [-0.4, -0.2) is 55.6 Å². The number of thiazole rings is 1. The predicted octanol–water partition coefficient (Wildman–Crippen LogP) is 4.41. The molecule has 1 atom stereocenters. The highest BCUT2D eigenvalue weighted by atomic mass is 32.1. The van der Waals surface area contributed by atoms with Crippen LogP contribution in [0, 0.1) is 12.8 Å². The quantitative estimate of drug-likeness (QED) is 0.595. The van der Waals surface area contributed by atoms with Crippen molar-refractivity contribution in [2.75, 3.05) is 43.9 Å². The van der Waals surface area contributed by atoms with Gasteiger partial charge in [-0.25, -0.2) is 9.78 Å². The standard InChI is InChI=1S/C22H27N5O2S2/c1-14-6-8-16(9-7-14)24-21(29)23-12-15-5-4-10-27(13-15)20(28)18-11-17-19(30-18)25-22(31-17)26(2)3/h6-9,11,15H,4-5,10,12-13H2,1-3H3,(H2,23,24,29). The minimum Gasteiger partial charge on any atom is -0.354 e. The number of likely N-dealkylation sites (tertiary alicyclic amines) is 1. The van der Waals surface area contributed by atoms with Crippen molar-refractivity contribution in [2.24, 2.45) is 5.92 Å². The first-order valence-electron chi connectivity index (χ1n) is 10.4. The van der Waals surface area contributed by atoms with Crippen LogP contribution in [0.5, 0.6) is 0 Å². The molecule has 2 N–H and O–H groups in total. The van der Waals surface area contributed by atoms with E-state index in [2.05, 4.69) is 15.6 Å². The number of hydrogen-bond acceptors (Lipinski definition) is 6. The molecule has 31 heavy (non-hydrogen) atoms. The third-order valence-electron chi connectivity index (χ3n) is 5.34. The number of nitrogens with one attached hydrogen (secondary N) is 2. The highest BCUT2D eigenvalue weighted by Gasteiger charge is 2.26. The molecule has 3 amide bonds. The van der Waals surface area contributed by atoms with Gasteiger partial charge in [-0.2, -0.15) is 0 Å². The third kappa shape index (κ3) is 5.16. The Balaban J connectivity index is 1.31. The summed E-state index contributed by atoms with van der Waals surface area (Å²) in [6.45, 7) is 3.98. The Morgan fingerprint density at radius 1 is 1.23 bits per heavy atom. The number of aryl methyl sites for hydroxylation is 1. The van der Waals surface area contributed by atoms with Crippen LogP contribution in [0.3, 0.4) is 0 Å². The molecule has 1 aliphatic rings. The van der Waals surface area contributed by atoms with Crippen LogP contribution in [0.15, 0.2) is 30.3 Å². The van der Waals surface area contributed by atoms with Crippen molar-refractivity contribution in [3.05, 3.63) is 40.8 Å². The van der Waals surface area contributed by atoms with Crippen LogP contribution in [0.4, 0.5) is 15.6 Å². The molecule has 164 valence electrons. The van der Waals surface area contributed by atoms with E-state index in [9.17, 15) is 9.59 Å². The maximum Gasteiger partial charge on any atom is 0.319 e. The van der Waals surface area contributed by atoms with Crippen molar-refractivity contribution in [3.8, 4) is 0 Å². The number of benzene rings is 1. The summed E-state index contributed by atoms with van der Waals surface area (Å²) in [5, 5.41) is 6.76. The number of thiophene rings is 1. The van der Waals surface area contributed by atoms with Gasteiger partial charge in [0.25, 0.3) is 5.91 Å². The molecule has 7 nitrogen and oxygen atoms in total. The highest BCUT2D eigenvalue weighted by Crippen LogP contribution is 2.34. The van der Waals surface area contributed by atoms with Gasteiger partial charge in [0, 0.05) is 39.4 Å². The Morgan fingerprint density at radius 3 is 2.71 bits per heavy atom. The lowest BCUT2D eigenvalue weighted by Gasteiger charge is -2.32. The zero-order valence-corrected chi connectivity index (χ0v) is 19.6. The first-order chi connectivity index (χ1) is 14.9. The smallest absolute Gasteiger partial charge is 0.319 e. The van der Waals surface area contributed by atoms with E-state index in [4.69, 9.17) is 0 Å². The van der Waals surface area contributed by atoms with Gasteiger partial charge in [-0.05, 0) is 43.9 Å². The SMILES string of the molecule is Cc1ccc(NC(=O)NCC2CCCN(C(=O)c3cc4sc(N(C)C)nc4s3)C2)cc1. The van der Waals surface area contributed by atoms with Gasteiger partial charge >= 0.3 is 6.03 Å². The van der Waals surface area contributed by atoms with E-state index in [0.29, 0.717) is 13.1 Å². The summed E-state index contributed by atoms with van der Waals surface area (Å²) in [6.07, 6.45) is 1.95. The van der Waals surface area contributed by atoms with Crippen molar-refractivity contribution >= 4 is 55.0 Å². The number of piperidine rings is 1. The largest absolute Gasteiger partial charge is 0.354 e. The number of carbonyl (C=O) groups excluding carboxylic acids is 2. The molecular weight excluding hydrogens is 430 g/mol. The van der Waals surface area contributed by atoms with Gasteiger partial charge in [-0.3, -0.25) is 4.79 Å². The number of rotatable bonds is 5. The number of anilines is 2. The summed E-state index contributed by atoms with van der Waals surface area (Å²) in [5.74, 6) is 0.316. The topological polar surface area (TPSA) is 77.6 Å². The third-order valence-corrected chi connectivity index (χ3v) is 7.65. The number of nitrogens with zero attached hydrogens (tertiary/aromatic N) is 3. The first kappa shape index (κ1) is 21.6. The van der Waals surface area contributed by atoms with Gasteiger partial charge < -0.3 is 20.4 Å². The molecule has 0 bridgehead atoms. The van der Waals surface area contributed by atoms with Crippen molar-refractivity contribution in [3.63, 3.8) is 0 Å². The minimum atomic E-state index is -0.214. The Bertz CT molecular complexity index is 1040. The van der Waals surface area contributed by atoms with Gasteiger partial charge in [0.15, 0.2) is 5.13 Å². The van der Waals surface area contributed by atoms with Crippen molar-refractivity contribution in [1.29, 1.82) is 0 Å². The second-order valence-corrected chi connectivity index (χ2v) is 10.2. The van der Waals surface area contributed by atoms with Crippen LogP contribution in [0.2, 0.25) is 0 Å². The van der Waals surface area contributed by atoms with Gasteiger partial charge in [-0.1, -0.05) is 29.0 Å². The van der Waals surface area contributed by atoms with Crippen LogP contribution in [0.1, 0.15) is 28.1 Å². The molecule has 9 heteroatoms. The molecule has 3 heterocycles. The van der Waals surface area contributed by atoms with Crippen molar-refractivity contribution in [1.82, 2.24) is 15.2 Å². The van der Waals surface area contributed by atoms with Crippen molar-refractivity contribution < 1.29 is 9.59 Å². The van der Waals surface area contributed by atoms with Crippen LogP contribution in [0.25, 0.3) is 9.53 Å². The zero-order valence-electron chi connectivity index (χ0n) is 18.0. The lowest BCUT2D eigenvalue weighted by atomic mass is 9.98. The van der Waals surface area contributed by atoms with E-state index in [1.165, 1.54) is 11.3 Å². The summed E-state index contributed by atoms with van der Waals surface area (Å²) < 4.78 is 1.06. The summed E-state index contributed by atoms with van der Waals surface area (Å²) in [5.41, 5.74) is 1.92. The van der Waals surface area contributed by atoms with Gasteiger partial charge in [0.1, 0.15) is 4.83 Å². The number of urea groups is 1. The Morgan fingerprint density at radius 2 is 2.00 bits per heavy atom. The second-order valence-electron chi connectivity index (χ2n) is 8.13. The molecule has 1 aliphatic heterocycles. The average molecular weight is 458 g/mol. The Hall–Kier alpha value is -2.65. The summed E-state index contributed by atoms with van der Waals surface area (Å²) in [7, 11) is 3.94. The summed E-state index contributed by atoms with van der Waals surface area (Å²) in [4.78, 5) is 35.4. The van der Waals surface area contributed by atoms with Crippen molar-refractivity contribution in [2.45, 2.75) is 19.8 Å². The number of carbonyl (C=O) groups is 2. The fourth-order valence-corrected chi connectivity index (χ4v) is 5.74. The maximum atomic E-state index is 13.0. The molecule has 2 aromatic heterocycles. The van der Waals surface area contributed by atoms with Gasteiger partial charge in [-0.15, -0.1) is 11.3 Å². The maximum absolute atomic E-state index is 13.0. The lowest BCUT2D eigenvalue weighted by Crippen LogP contribution is -2.44. The van der Waals surface area contributed by atoms with E-state index in [0.717, 1.165) is 50.2 Å². The van der Waals surface area contributed by atoms with Crippen LogP contribution < -0.4 is 15.5 Å². The predicted molar refractivity (Wildman–Crippen MR) is 129 cm³/mol. The molecule has 0 spiro atoms. The summed E-state index contributed by atoms with van der Waals surface area (Å²) >= 11 is 3.06. The lowest BCUT2D eigenvalue weighted by molar-refractivity contribution is 0.0680. The van der Waals surface area contributed by atoms with Gasteiger partial charge in [0.05, 0.1) is 9.58 Å². The molecular formula is C22H27N5O2S2. The fourth-order valence-electron chi connectivity index (χ4n) is 3.64. The van der Waals surface area contributed by atoms with Crippen LogP contribution in [-0.2, 0) is 0 Å². The molecule has 0 radical (unpaired) electrons. The molecule has 1 aromatic carbocycles. The number of amides is 3. The molecule has 1 fully saturated rings. The van der Waals surface area contributed by atoms with E-state index < -0.39 is 0 Å². The highest BCUT2D eigenvalue weighted by molar-refractivity contribution is 7.29. The fraction of sp³-hybridized carbons (Fsp3) is 0.409. The second kappa shape index (κ2) is 9.23. The molecule has 1 unspecified atom stereocenters. The van der Waals surface area contributed by atoms with Crippen LogP contribution >= 0.6 is 22.7 Å². The zero-order chi connectivity index (χ0) is 22.0. The van der Waals surface area contributed by atoms with E-state index >= 15 is 0 Å². The Kier molecular flexibility index (Phi) is 6.43. The van der Waals surface area contributed by atoms with Gasteiger partial charge in [0.2, 0.25) is 0 Å². The summed E-state index contributed by atoms with van der Waals surface area (Å²) in [6, 6.07) is 9.45. The average Bonchev–Trinajstić information content (AvgIpc) is 3.33. The van der Waals surface area contributed by atoms with E-state index in [1.807, 2.05) is 61.2 Å². The number of aromatic nitrogens is 1.